The topological polar surface area (TPSA) is 70.1 Å². The van der Waals surface area contributed by atoms with Crippen LogP contribution in [0, 0.1) is 28.6 Å². The molecule has 2 bridgehead atoms. The van der Waals surface area contributed by atoms with Gasteiger partial charge in [0.2, 0.25) is 5.91 Å². The van der Waals surface area contributed by atoms with Gasteiger partial charge in [-0.15, -0.1) is 0 Å². The summed E-state index contributed by atoms with van der Waals surface area (Å²) in [6.45, 7) is 0. The van der Waals surface area contributed by atoms with E-state index in [4.69, 9.17) is 5.73 Å². The molecule has 19 heavy (non-hydrogen) atoms. The number of carbonyl (C=O) groups is 1. The minimum Gasteiger partial charge on any atom is -0.322 e. The third-order valence-electron chi connectivity index (χ3n) is 6.23. The number of hydrogen-bond donors (Lipinski definition) is 1. The smallest absolute Gasteiger partial charge is 0.241 e. The molecule has 3 aliphatic carbocycles. The van der Waals surface area contributed by atoms with Crippen LogP contribution in [0.5, 0.6) is 0 Å². The molecule has 102 valence electrons. The number of fused-ring (bicyclic) bond motifs is 3. The maximum atomic E-state index is 12.8. The molecule has 0 spiro atoms. The van der Waals surface area contributed by atoms with Crippen LogP contribution in [0.3, 0.4) is 0 Å². The zero-order valence-electron chi connectivity index (χ0n) is 11.2. The van der Waals surface area contributed by atoms with Gasteiger partial charge in [0.1, 0.15) is 6.04 Å². The Morgan fingerprint density at radius 1 is 1.37 bits per heavy atom. The summed E-state index contributed by atoms with van der Waals surface area (Å²) in [6.07, 6.45) is 7.82. The molecule has 1 saturated heterocycles. The van der Waals surface area contributed by atoms with E-state index in [-0.39, 0.29) is 23.4 Å². The van der Waals surface area contributed by atoms with Crippen LogP contribution < -0.4 is 5.73 Å². The lowest BCUT2D eigenvalue weighted by Gasteiger charge is -2.36. The molecule has 4 rings (SSSR count). The van der Waals surface area contributed by atoms with Crippen LogP contribution in [0.4, 0.5) is 0 Å². The number of amides is 1. The van der Waals surface area contributed by atoms with Crippen LogP contribution in [-0.4, -0.2) is 28.9 Å². The Bertz CT molecular complexity index is 461. The van der Waals surface area contributed by atoms with E-state index in [0.717, 1.165) is 38.0 Å². The number of likely N-dealkylation sites (tertiary alicyclic amines) is 1. The van der Waals surface area contributed by atoms with Crippen molar-refractivity contribution in [2.45, 2.75) is 63.1 Å². The third-order valence-corrected chi connectivity index (χ3v) is 6.23. The van der Waals surface area contributed by atoms with Crippen molar-refractivity contribution >= 4 is 5.91 Å². The van der Waals surface area contributed by atoms with Gasteiger partial charge in [-0.3, -0.25) is 4.79 Å². The lowest BCUT2D eigenvalue weighted by Crippen LogP contribution is -2.54. The van der Waals surface area contributed by atoms with Crippen molar-refractivity contribution in [2.75, 3.05) is 0 Å². The molecule has 0 aromatic carbocycles. The van der Waals surface area contributed by atoms with Gasteiger partial charge in [-0.05, 0) is 62.2 Å². The minimum absolute atomic E-state index is 0.0642. The van der Waals surface area contributed by atoms with Gasteiger partial charge >= 0.3 is 0 Å². The Kier molecular flexibility index (Phi) is 2.30. The molecular formula is C15H21N3O. The van der Waals surface area contributed by atoms with Crippen LogP contribution in [0.15, 0.2) is 0 Å². The molecule has 1 amide bonds. The average molecular weight is 259 g/mol. The number of nitrogens with zero attached hydrogens (tertiary/aromatic N) is 2. The molecule has 1 aliphatic heterocycles. The SMILES string of the molecule is N#CC1C[C@@H]2CC2N1C(=O)[C@@H](N)C12CCC(CC1)C2. The summed E-state index contributed by atoms with van der Waals surface area (Å²) in [4.78, 5) is 14.6. The van der Waals surface area contributed by atoms with Crippen molar-refractivity contribution in [3.8, 4) is 6.07 Å². The summed E-state index contributed by atoms with van der Waals surface area (Å²) in [5.41, 5.74) is 6.44. The van der Waals surface area contributed by atoms with Gasteiger partial charge in [0.25, 0.3) is 0 Å². The van der Waals surface area contributed by atoms with Crippen LogP contribution in [0.25, 0.3) is 0 Å². The fraction of sp³-hybridized carbons (Fsp3) is 0.867. The number of nitrogens with two attached hydrogens (primary N) is 1. The van der Waals surface area contributed by atoms with Crippen LogP contribution in [-0.2, 0) is 4.79 Å². The third kappa shape index (κ3) is 1.51. The van der Waals surface area contributed by atoms with Crippen molar-refractivity contribution < 1.29 is 4.79 Å². The maximum Gasteiger partial charge on any atom is 0.241 e. The average Bonchev–Trinajstić information content (AvgIpc) is 2.86. The van der Waals surface area contributed by atoms with Gasteiger partial charge in [0.05, 0.1) is 12.1 Å². The van der Waals surface area contributed by atoms with Crippen LogP contribution in [0.1, 0.15) is 44.9 Å². The van der Waals surface area contributed by atoms with E-state index in [9.17, 15) is 10.1 Å². The van der Waals surface area contributed by atoms with Gasteiger partial charge in [-0.1, -0.05) is 0 Å². The highest BCUT2D eigenvalue weighted by Crippen LogP contribution is 2.56. The van der Waals surface area contributed by atoms with Crippen molar-refractivity contribution in [3.63, 3.8) is 0 Å². The van der Waals surface area contributed by atoms with E-state index in [0.29, 0.717) is 12.0 Å². The molecule has 1 heterocycles. The molecule has 0 aromatic heterocycles. The molecule has 2 unspecified atom stereocenters. The van der Waals surface area contributed by atoms with Gasteiger partial charge in [-0.25, -0.2) is 0 Å². The number of hydrogen-bond acceptors (Lipinski definition) is 3. The molecule has 4 nitrogen and oxygen atoms in total. The second-order valence-corrected chi connectivity index (χ2v) is 7.18. The molecule has 0 aromatic rings. The Balaban J connectivity index is 1.55. The molecule has 3 saturated carbocycles. The summed E-state index contributed by atoms with van der Waals surface area (Å²) < 4.78 is 0. The van der Waals surface area contributed by atoms with Gasteiger partial charge in [0.15, 0.2) is 0 Å². The molecule has 4 aliphatic rings. The van der Waals surface area contributed by atoms with Crippen molar-refractivity contribution in [3.05, 3.63) is 0 Å². The Morgan fingerprint density at radius 3 is 2.68 bits per heavy atom. The summed E-state index contributed by atoms with van der Waals surface area (Å²) in [7, 11) is 0. The zero-order chi connectivity index (χ0) is 13.2. The quantitative estimate of drug-likeness (QED) is 0.815. The maximum absolute atomic E-state index is 12.8. The van der Waals surface area contributed by atoms with Crippen molar-refractivity contribution in [2.24, 2.45) is 23.0 Å². The zero-order valence-corrected chi connectivity index (χ0v) is 11.2. The predicted molar refractivity (Wildman–Crippen MR) is 69.7 cm³/mol. The molecule has 2 N–H and O–H groups in total. The molecule has 4 heteroatoms. The Morgan fingerprint density at radius 2 is 2.11 bits per heavy atom. The first-order valence-corrected chi connectivity index (χ1v) is 7.62. The first-order valence-electron chi connectivity index (χ1n) is 7.62. The normalized spacial score (nSPS) is 47.9. The molecule has 4 fully saturated rings. The van der Waals surface area contributed by atoms with Gasteiger partial charge in [0, 0.05) is 6.04 Å². The Hall–Kier alpha value is -1.08. The second-order valence-electron chi connectivity index (χ2n) is 7.18. The number of nitriles is 1. The monoisotopic (exact) mass is 259 g/mol. The summed E-state index contributed by atoms with van der Waals surface area (Å²) in [5, 5.41) is 9.22. The molecular weight excluding hydrogens is 238 g/mol. The lowest BCUT2D eigenvalue weighted by molar-refractivity contribution is -0.136. The first-order chi connectivity index (χ1) is 9.14. The van der Waals surface area contributed by atoms with E-state index >= 15 is 0 Å². The predicted octanol–water partition coefficient (Wildman–Crippen LogP) is 1.41. The Labute approximate surface area is 113 Å². The van der Waals surface area contributed by atoms with E-state index < -0.39 is 0 Å². The van der Waals surface area contributed by atoms with Gasteiger partial charge in [-0.2, -0.15) is 5.26 Å². The number of rotatable bonds is 2. The fourth-order valence-corrected chi connectivity index (χ4v) is 4.99. The standard InChI is InChI=1S/C15H21N3O/c16-8-11-5-10-6-12(10)18(11)14(19)13(17)15-3-1-9(7-15)2-4-15/h9-13H,1-7,17H2/t9?,10-,11?,12?,13-,15?/m1/s1. The molecule has 4 atom stereocenters. The van der Waals surface area contributed by atoms with Crippen LogP contribution in [0.2, 0.25) is 0 Å². The summed E-state index contributed by atoms with van der Waals surface area (Å²) >= 11 is 0. The van der Waals surface area contributed by atoms with E-state index in [1.54, 1.807) is 0 Å². The summed E-state index contributed by atoms with van der Waals surface area (Å²) in [5.74, 6) is 1.45. The lowest BCUT2D eigenvalue weighted by atomic mass is 9.77. The number of carbonyl (C=O) groups excluding carboxylic acids is 1. The second kappa shape index (κ2) is 3.73. The number of piperidine rings is 1. The minimum atomic E-state index is -0.366. The van der Waals surface area contributed by atoms with Crippen LogP contribution >= 0.6 is 0 Å². The first kappa shape index (κ1) is 11.7. The highest BCUT2D eigenvalue weighted by molar-refractivity contribution is 5.84. The largest absolute Gasteiger partial charge is 0.322 e. The highest BCUT2D eigenvalue weighted by Gasteiger charge is 2.58. The van der Waals surface area contributed by atoms with E-state index in [1.165, 1.54) is 12.8 Å². The van der Waals surface area contributed by atoms with Crippen molar-refractivity contribution in [1.29, 1.82) is 5.26 Å². The van der Waals surface area contributed by atoms with E-state index in [1.807, 2.05) is 4.90 Å². The van der Waals surface area contributed by atoms with E-state index in [2.05, 4.69) is 6.07 Å². The highest BCUT2D eigenvalue weighted by atomic mass is 16.2. The van der Waals surface area contributed by atoms with Crippen molar-refractivity contribution in [1.82, 2.24) is 4.90 Å². The van der Waals surface area contributed by atoms with Gasteiger partial charge < -0.3 is 10.6 Å². The summed E-state index contributed by atoms with van der Waals surface area (Å²) in [6, 6.07) is 2.05. The molecule has 0 radical (unpaired) electrons. The fourth-order valence-electron chi connectivity index (χ4n) is 4.99.